The van der Waals surface area contributed by atoms with Crippen molar-refractivity contribution in [3.05, 3.63) is 87.8 Å². The van der Waals surface area contributed by atoms with Crippen molar-refractivity contribution in [2.24, 2.45) is 14.1 Å². The van der Waals surface area contributed by atoms with Crippen LogP contribution in [0.15, 0.2) is 65.5 Å². The molecule has 0 aliphatic heterocycles. The predicted octanol–water partition coefficient (Wildman–Crippen LogP) is 3.77. The molecule has 0 aliphatic carbocycles. The molecule has 4 aromatic rings. The average molecular weight is 447 g/mol. The summed E-state index contributed by atoms with van der Waals surface area (Å²) in [6, 6.07) is 18.1. The van der Waals surface area contributed by atoms with Crippen LogP contribution in [0.4, 0.5) is 5.69 Å². The predicted molar refractivity (Wildman–Crippen MR) is 126 cm³/mol. The molecule has 0 saturated heterocycles. The molecule has 0 bridgehead atoms. The Hall–Kier alpha value is -4.20. The molecule has 2 N–H and O–H groups in total. The van der Waals surface area contributed by atoms with E-state index < -0.39 is 5.97 Å². The maximum Gasteiger partial charge on any atom is 0.335 e. The Morgan fingerprint density at radius 3 is 2.48 bits per heavy atom. The molecule has 8 nitrogen and oxygen atoms in total. The molecule has 0 amide bonds. The largest absolute Gasteiger partial charge is 0.495 e. The van der Waals surface area contributed by atoms with E-state index in [1.54, 1.807) is 35.4 Å². The minimum atomic E-state index is -1.00. The molecule has 4 rings (SSSR count). The van der Waals surface area contributed by atoms with Gasteiger partial charge in [0.25, 0.3) is 0 Å². The lowest BCUT2D eigenvalue weighted by Gasteiger charge is -2.15. The van der Waals surface area contributed by atoms with Gasteiger partial charge in [-0.05, 0) is 42.0 Å². The zero-order valence-corrected chi connectivity index (χ0v) is 18.7. The molecule has 0 unspecified atom stereocenters. The van der Waals surface area contributed by atoms with Crippen LogP contribution in [0.3, 0.4) is 0 Å². The maximum absolute atomic E-state index is 12.2. The molecular weight excluding hydrogens is 422 g/mol. The first-order valence-corrected chi connectivity index (χ1v) is 10.4. The van der Waals surface area contributed by atoms with Gasteiger partial charge >= 0.3 is 11.7 Å². The number of hydrogen-bond donors (Lipinski definition) is 2. The summed E-state index contributed by atoms with van der Waals surface area (Å²) in [4.78, 5) is 23.5. The zero-order chi connectivity index (χ0) is 23.5. The molecule has 170 valence electrons. The van der Waals surface area contributed by atoms with Crippen molar-refractivity contribution in [2.75, 3.05) is 12.4 Å². The van der Waals surface area contributed by atoms with Gasteiger partial charge in [0.1, 0.15) is 18.1 Å². The highest BCUT2D eigenvalue weighted by Crippen LogP contribution is 2.28. The first-order chi connectivity index (χ1) is 15.9. The first kappa shape index (κ1) is 22.0. The van der Waals surface area contributed by atoms with Crippen LogP contribution in [0.5, 0.6) is 11.5 Å². The number of aromatic carboxylic acids is 1. The molecular formula is C25H25N3O5. The Labute approximate surface area is 190 Å². The van der Waals surface area contributed by atoms with Crippen molar-refractivity contribution in [1.82, 2.24) is 9.13 Å². The molecule has 0 atom stereocenters. The monoisotopic (exact) mass is 447 g/mol. The number of nitrogens with zero attached hydrogens (tertiary/aromatic N) is 2. The Kier molecular flexibility index (Phi) is 6.08. The second kappa shape index (κ2) is 9.12. The number of carboxylic acid groups (broad SMARTS) is 1. The van der Waals surface area contributed by atoms with E-state index in [0.29, 0.717) is 30.3 Å². The fraction of sp³-hybridized carbons (Fsp3) is 0.200. The standard InChI is InChI=1S/C25H25N3O5/c1-27-20-10-8-16(12-21(20)28(2)25(27)31)15-33-22-7-5-4-6-18(22)14-26-19-13-17(24(29)30)9-11-23(19)32-3/h4-13,26H,14-15H2,1-3H3,(H,29,30). The number of hydrogen-bond acceptors (Lipinski definition) is 5. The Morgan fingerprint density at radius 2 is 1.73 bits per heavy atom. The Morgan fingerprint density at radius 1 is 0.970 bits per heavy atom. The van der Waals surface area contributed by atoms with Crippen LogP contribution < -0.4 is 20.5 Å². The first-order valence-electron chi connectivity index (χ1n) is 10.4. The van der Waals surface area contributed by atoms with Crippen LogP contribution in [0.25, 0.3) is 11.0 Å². The molecule has 8 heteroatoms. The number of aromatic nitrogens is 2. The van der Waals surface area contributed by atoms with Crippen LogP contribution in [-0.2, 0) is 27.2 Å². The smallest absolute Gasteiger partial charge is 0.335 e. The fourth-order valence-electron chi connectivity index (χ4n) is 3.76. The number of imidazole rings is 1. The third kappa shape index (κ3) is 4.41. The summed E-state index contributed by atoms with van der Waals surface area (Å²) >= 11 is 0. The van der Waals surface area contributed by atoms with Crippen molar-refractivity contribution in [2.45, 2.75) is 13.2 Å². The van der Waals surface area contributed by atoms with E-state index in [1.807, 2.05) is 42.5 Å². The van der Waals surface area contributed by atoms with Crippen LogP contribution in [-0.4, -0.2) is 27.3 Å². The van der Waals surface area contributed by atoms with E-state index in [9.17, 15) is 14.7 Å². The van der Waals surface area contributed by atoms with Gasteiger partial charge in [0.15, 0.2) is 0 Å². The molecule has 0 saturated carbocycles. The summed E-state index contributed by atoms with van der Waals surface area (Å²) in [7, 11) is 5.05. The number of rotatable bonds is 8. The highest BCUT2D eigenvalue weighted by atomic mass is 16.5. The van der Waals surface area contributed by atoms with Crippen LogP contribution in [0.2, 0.25) is 0 Å². The molecule has 0 aliphatic rings. The number of para-hydroxylation sites is 1. The van der Waals surface area contributed by atoms with E-state index >= 15 is 0 Å². The van der Waals surface area contributed by atoms with E-state index in [1.165, 1.54) is 13.2 Å². The van der Waals surface area contributed by atoms with Gasteiger partial charge in [-0.1, -0.05) is 24.3 Å². The second-order valence-electron chi connectivity index (χ2n) is 7.69. The average Bonchev–Trinajstić information content (AvgIpc) is 3.05. The number of carbonyl (C=O) groups is 1. The van der Waals surface area contributed by atoms with Gasteiger partial charge in [-0.3, -0.25) is 9.13 Å². The van der Waals surface area contributed by atoms with Crippen LogP contribution >= 0.6 is 0 Å². The van der Waals surface area contributed by atoms with Crippen molar-refractivity contribution < 1.29 is 19.4 Å². The number of carboxylic acids is 1. The molecule has 1 aromatic heterocycles. The molecule has 0 fully saturated rings. The number of methoxy groups -OCH3 is 1. The Bertz CT molecular complexity index is 1390. The summed E-state index contributed by atoms with van der Waals surface area (Å²) in [5.41, 5.74) is 4.27. The molecule has 3 aromatic carbocycles. The summed E-state index contributed by atoms with van der Waals surface area (Å²) in [6.07, 6.45) is 0. The van der Waals surface area contributed by atoms with E-state index in [0.717, 1.165) is 22.2 Å². The van der Waals surface area contributed by atoms with Crippen molar-refractivity contribution in [1.29, 1.82) is 0 Å². The number of ether oxygens (including phenoxy) is 2. The molecule has 33 heavy (non-hydrogen) atoms. The minimum Gasteiger partial charge on any atom is -0.495 e. The highest BCUT2D eigenvalue weighted by Gasteiger charge is 2.11. The van der Waals surface area contributed by atoms with E-state index in [2.05, 4.69) is 5.32 Å². The topological polar surface area (TPSA) is 94.7 Å². The number of anilines is 1. The molecule has 0 spiro atoms. The third-order valence-electron chi connectivity index (χ3n) is 5.62. The minimum absolute atomic E-state index is 0.0677. The lowest BCUT2D eigenvalue weighted by Crippen LogP contribution is -2.19. The summed E-state index contributed by atoms with van der Waals surface area (Å²) in [5, 5.41) is 12.5. The summed E-state index contributed by atoms with van der Waals surface area (Å²) in [5.74, 6) is 0.262. The van der Waals surface area contributed by atoms with Crippen molar-refractivity contribution >= 4 is 22.7 Å². The fourth-order valence-corrected chi connectivity index (χ4v) is 3.76. The number of aryl methyl sites for hydroxylation is 2. The highest BCUT2D eigenvalue weighted by molar-refractivity contribution is 5.89. The molecule has 0 radical (unpaired) electrons. The lowest BCUT2D eigenvalue weighted by molar-refractivity contribution is 0.0697. The van der Waals surface area contributed by atoms with Gasteiger partial charge in [-0.25, -0.2) is 9.59 Å². The van der Waals surface area contributed by atoms with Gasteiger partial charge in [-0.15, -0.1) is 0 Å². The van der Waals surface area contributed by atoms with Gasteiger partial charge < -0.3 is 19.9 Å². The van der Waals surface area contributed by atoms with Crippen LogP contribution in [0, 0.1) is 0 Å². The normalized spacial score (nSPS) is 10.9. The number of fused-ring (bicyclic) bond motifs is 1. The third-order valence-corrected chi connectivity index (χ3v) is 5.62. The SMILES string of the molecule is COc1ccc(C(=O)O)cc1NCc1ccccc1OCc1ccc2c(c1)n(C)c(=O)n2C. The van der Waals surface area contributed by atoms with Crippen molar-refractivity contribution in [3.8, 4) is 11.5 Å². The molecule has 1 heterocycles. The van der Waals surface area contributed by atoms with Gasteiger partial charge in [-0.2, -0.15) is 0 Å². The summed E-state index contributed by atoms with van der Waals surface area (Å²) < 4.78 is 14.7. The van der Waals surface area contributed by atoms with Gasteiger partial charge in [0, 0.05) is 26.2 Å². The summed E-state index contributed by atoms with van der Waals surface area (Å²) in [6.45, 7) is 0.760. The van der Waals surface area contributed by atoms with Crippen molar-refractivity contribution in [3.63, 3.8) is 0 Å². The second-order valence-corrected chi connectivity index (χ2v) is 7.69. The quantitative estimate of drug-likeness (QED) is 0.427. The van der Waals surface area contributed by atoms with E-state index in [-0.39, 0.29) is 11.3 Å². The van der Waals surface area contributed by atoms with Crippen LogP contribution in [0.1, 0.15) is 21.5 Å². The maximum atomic E-state index is 12.2. The number of benzene rings is 3. The zero-order valence-electron chi connectivity index (χ0n) is 18.7. The lowest BCUT2D eigenvalue weighted by atomic mass is 10.1. The Balaban J connectivity index is 1.51. The number of nitrogens with one attached hydrogen (secondary N) is 1. The van der Waals surface area contributed by atoms with Gasteiger partial charge in [0.05, 0.1) is 29.4 Å². The van der Waals surface area contributed by atoms with Gasteiger partial charge in [0.2, 0.25) is 0 Å². The van der Waals surface area contributed by atoms with E-state index in [4.69, 9.17) is 9.47 Å².